The Hall–Kier alpha value is -2.70. The van der Waals surface area contributed by atoms with Crippen LogP contribution >= 0.6 is 0 Å². The quantitative estimate of drug-likeness (QED) is 0.752. The van der Waals surface area contributed by atoms with Crippen LogP contribution in [0.3, 0.4) is 0 Å². The number of aromatic nitrogens is 3. The van der Waals surface area contributed by atoms with Gasteiger partial charge in [-0.15, -0.1) is 0 Å². The van der Waals surface area contributed by atoms with Crippen LogP contribution in [-0.2, 0) is 0 Å². The van der Waals surface area contributed by atoms with Crippen molar-refractivity contribution in [2.45, 2.75) is 31.0 Å². The summed E-state index contributed by atoms with van der Waals surface area (Å²) in [7, 11) is 0. The predicted molar refractivity (Wildman–Crippen MR) is 89.0 cm³/mol. The lowest BCUT2D eigenvalue weighted by molar-refractivity contribution is -0.138. The van der Waals surface area contributed by atoms with Crippen LogP contribution in [0, 0.1) is 0 Å². The summed E-state index contributed by atoms with van der Waals surface area (Å²) in [5.74, 6) is 0.466. The van der Waals surface area contributed by atoms with E-state index in [4.69, 9.17) is 0 Å². The molecule has 0 spiro atoms. The van der Waals surface area contributed by atoms with E-state index in [9.17, 15) is 13.2 Å². The number of nitrogens with one attached hydrogen (secondary N) is 1. The molecule has 1 fully saturated rings. The summed E-state index contributed by atoms with van der Waals surface area (Å²) in [5, 5.41) is 4.66. The summed E-state index contributed by atoms with van der Waals surface area (Å²) < 4.78 is 38.6. The van der Waals surface area contributed by atoms with Gasteiger partial charge in [-0.3, -0.25) is 9.97 Å². The zero-order valence-electron chi connectivity index (χ0n) is 13.2. The Morgan fingerprint density at radius 2 is 1.76 bits per heavy atom. The zero-order valence-corrected chi connectivity index (χ0v) is 13.2. The van der Waals surface area contributed by atoms with Crippen LogP contribution in [0.5, 0.6) is 0 Å². The first-order valence-electron chi connectivity index (χ1n) is 7.94. The molecule has 1 aliphatic carbocycles. The lowest BCUT2D eigenvalue weighted by atomic mass is 10.1. The molecule has 3 heterocycles. The monoisotopic (exact) mass is 344 g/mol. The topological polar surface area (TPSA) is 50.7 Å². The number of rotatable bonds is 4. The molecule has 3 aromatic rings. The van der Waals surface area contributed by atoms with Crippen LogP contribution in [0.2, 0.25) is 0 Å². The van der Waals surface area contributed by atoms with Crippen molar-refractivity contribution in [1.29, 1.82) is 0 Å². The van der Waals surface area contributed by atoms with Crippen molar-refractivity contribution < 1.29 is 13.2 Å². The molecule has 1 saturated carbocycles. The molecule has 0 aliphatic heterocycles. The molecule has 0 bridgehead atoms. The van der Waals surface area contributed by atoms with E-state index in [-0.39, 0.29) is 0 Å². The highest BCUT2D eigenvalue weighted by molar-refractivity contribution is 5.94. The third kappa shape index (κ3) is 3.40. The fraction of sp³-hybridized carbons (Fsp3) is 0.278. The molecule has 0 saturated heterocycles. The minimum Gasteiger partial charge on any atom is -0.364 e. The molecular weight excluding hydrogens is 329 g/mol. The Morgan fingerprint density at radius 1 is 1.04 bits per heavy atom. The number of halogens is 3. The molecule has 4 nitrogen and oxygen atoms in total. The molecule has 0 atom stereocenters. The lowest BCUT2D eigenvalue weighted by Crippen LogP contribution is -2.29. The molecule has 0 aromatic carbocycles. The average molecular weight is 344 g/mol. The number of nitrogens with zero attached hydrogens (tertiary/aromatic N) is 3. The molecule has 0 unspecified atom stereocenters. The van der Waals surface area contributed by atoms with Gasteiger partial charge >= 0.3 is 6.18 Å². The maximum absolute atomic E-state index is 12.9. The van der Waals surface area contributed by atoms with E-state index >= 15 is 0 Å². The second-order valence-electron chi connectivity index (χ2n) is 6.39. The average Bonchev–Trinajstić information content (AvgIpc) is 3.32. The fourth-order valence-electron chi connectivity index (χ4n) is 3.00. The second kappa shape index (κ2) is 5.68. The molecule has 7 heteroatoms. The van der Waals surface area contributed by atoms with E-state index in [0.29, 0.717) is 24.4 Å². The summed E-state index contributed by atoms with van der Waals surface area (Å²) in [5.41, 5.74) is 0.580. The van der Waals surface area contributed by atoms with Crippen molar-refractivity contribution in [2.75, 3.05) is 5.32 Å². The highest BCUT2D eigenvalue weighted by Gasteiger charge is 2.51. The molecule has 4 rings (SSSR count). The SMILES string of the molecule is FC(F)(F)CC1(Nc2nc(-c3ccncc3)cc3cnccc23)CC1. The first-order chi connectivity index (χ1) is 11.9. The van der Waals surface area contributed by atoms with Gasteiger partial charge in [-0.1, -0.05) is 0 Å². The van der Waals surface area contributed by atoms with Gasteiger partial charge in [0.2, 0.25) is 0 Å². The maximum atomic E-state index is 12.9. The number of pyridine rings is 3. The number of alkyl halides is 3. The highest BCUT2D eigenvalue weighted by atomic mass is 19.4. The van der Waals surface area contributed by atoms with Gasteiger partial charge in [-0.05, 0) is 37.1 Å². The van der Waals surface area contributed by atoms with Gasteiger partial charge in [0, 0.05) is 46.7 Å². The minimum absolute atomic E-state index is 0.466. The molecule has 25 heavy (non-hydrogen) atoms. The zero-order chi connectivity index (χ0) is 17.5. The molecular formula is C18H15F3N4. The standard InChI is InChI=1S/C18H15F3N4/c19-18(20,21)11-17(4-5-17)25-16-14-3-8-23-10-13(14)9-15(24-16)12-1-6-22-7-2-12/h1-3,6-10H,4-5,11H2,(H,24,25). The molecule has 128 valence electrons. The smallest absolute Gasteiger partial charge is 0.364 e. The number of anilines is 1. The van der Waals surface area contributed by atoms with Crippen molar-refractivity contribution in [1.82, 2.24) is 15.0 Å². The van der Waals surface area contributed by atoms with Crippen LogP contribution in [0.4, 0.5) is 19.0 Å². The van der Waals surface area contributed by atoms with Gasteiger partial charge in [0.25, 0.3) is 0 Å². The van der Waals surface area contributed by atoms with Crippen LogP contribution in [0.25, 0.3) is 22.0 Å². The lowest BCUT2D eigenvalue weighted by Gasteiger charge is -2.21. The summed E-state index contributed by atoms with van der Waals surface area (Å²) in [6, 6.07) is 7.28. The Balaban J connectivity index is 1.77. The van der Waals surface area contributed by atoms with Crippen LogP contribution in [0.1, 0.15) is 19.3 Å². The second-order valence-corrected chi connectivity index (χ2v) is 6.39. The van der Waals surface area contributed by atoms with Gasteiger partial charge in [0.1, 0.15) is 5.82 Å². The highest BCUT2D eigenvalue weighted by Crippen LogP contribution is 2.47. The Labute approximate surface area is 142 Å². The third-order valence-electron chi connectivity index (χ3n) is 4.38. The summed E-state index contributed by atoms with van der Waals surface area (Å²) in [6.45, 7) is 0. The fourth-order valence-corrected chi connectivity index (χ4v) is 3.00. The number of fused-ring (bicyclic) bond motifs is 1. The number of hydrogen-bond donors (Lipinski definition) is 1. The van der Waals surface area contributed by atoms with E-state index in [0.717, 1.165) is 16.3 Å². The molecule has 0 radical (unpaired) electrons. The van der Waals surface area contributed by atoms with Crippen LogP contribution in [-0.4, -0.2) is 26.7 Å². The van der Waals surface area contributed by atoms with Gasteiger partial charge in [0.05, 0.1) is 12.1 Å². The van der Waals surface area contributed by atoms with E-state index < -0.39 is 18.1 Å². The third-order valence-corrected chi connectivity index (χ3v) is 4.38. The largest absolute Gasteiger partial charge is 0.391 e. The van der Waals surface area contributed by atoms with Gasteiger partial charge in [-0.25, -0.2) is 4.98 Å². The molecule has 1 N–H and O–H groups in total. The predicted octanol–water partition coefficient (Wildman–Crippen LogP) is 4.59. The normalized spacial score (nSPS) is 16.0. The Bertz CT molecular complexity index is 905. The van der Waals surface area contributed by atoms with Crippen molar-refractivity contribution in [3.05, 3.63) is 49.1 Å². The number of hydrogen-bond acceptors (Lipinski definition) is 4. The summed E-state index contributed by atoms with van der Waals surface area (Å²) >= 11 is 0. The molecule has 0 amide bonds. The summed E-state index contributed by atoms with van der Waals surface area (Å²) in [4.78, 5) is 12.7. The van der Waals surface area contributed by atoms with Crippen LogP contribution in [0.15, 0.2) is 49.1 Å². The minimum atomic E-state index is -4.20. The van der Waals surface area contributed by atoms with Crippen LogP contribution < -0.4 is 5.32 Å². The van der Waals surface area contributed by atoms with E-state index in [1.54, 1.807) is 30.9 Å². The first kappa shape index (κ1) is 15.8. The Morgan fingerprint density at radius 3 is 2.44 bits per heavy atom. The van der Waals surface area contributed by atoms with Crippen molar-refractivity contribution in [2.24, 2.45) is 0 Å². The van der Waals surface area contributed by atoms with Crippen molar-refractivity contribution in [3.8, 4) is 11.3 Å². The van der Waals surface area contributed by atoms with Crippen molar-refractivity contribution in [3.63, 3.8) is 0 Å². The molecule has 3 aromatic heterocycles. The van der Waals surface area contributed by atoms with Gasteiger partial charge in [0.15, 0.2) is 0 Å². The first-order valence-corrected chi connectivity index (χ1v) is 7.94. The van der Waals surface area contributed by atoms with Crippen molar-refractivity contribution >= 4 is 16.6 Å². The van der Waals surface area contributed by atoms with Gasteiger partial charge in [-0.2, -0.15) is 13.2 Å². The molecule has 1 aliphatic rings. The van der Waals surface area contributed by atoms with E-state index in [1.807, 2.05) is 18.2 Å². The van der Waals surface area contributed by atoms with Gasteiger partial charge < -0.3 is 5.32 Å². The van der Waals surface area contributed by atoms with E-state index in [1.165, 1.54) is 0 Å². The Kier molecular flexibility index (Phi) is 3.59. The summed E-state index contributed by atoms with van der Waals surface area (Å²) in [6.07, 6.45) is 2.53. The maximum Gasteiger partial charge on any atom is 0.391 e. The van der Waals surface area contributed by atoms with E-state index in [2.05, 4.69) is 20.3 Å².